The molecule has 4 aromatic rings. The summed E-state index contributed by atoms with van der Waals surface area (Å²) in [6.45, 7) is 1.93. The number of hydrogen-bond acceptors (Lipinski definition) is 5. The van der Waals surface area contributed by atoms with Gasteiger partial charge in [0.15, 0.2) is 0 Å². The molecule has 0 saturated heterocycles. The monoisotopic (exact) mass is 373 g/mol. The predicted molar refractivity (Wildman–Crippen MR) is 108 cm³/mol. The van der Waals surface area contributed by atoms with Crippen LogP contribution in [-0.2, 0) is 5.75 Å². The highest BCUT2D eigenvalue weighted by Gasteiger charge is 2.12. The van der Waals surface area contributed by atoms with E-state index in [1.54, 1.807) is 23.1 Å². The van der Waals surface area contributed by atoms with Crippen molar-refractivity contribution in [3.05, 3.63) is 77.6 Å². The Balaban J connectivity index is 1.68. The number of benzene rings is 2. The van der Waals surface area contributed by atoms with E-state index >= 15 is 0 Å². The SMILES string of the molecule is Cc1nc(SCc2cccc(C#N)c2)c2cc(-c3ccccc3)sc2n1. The van der Waals surface area contributed by atoms with Gasteiger partial charge in [-0.3, -0.25) is 0 Å². The molecule has 0 aliphatic carbocycles. The molecular weight excluding hydrogens is 358 g/mol. The fourth-order valence-corrected chi connectivity index (χ4v) is 4.87. The van der Waals surface area contributed by atoms with Crippen LogP contribution in [0.2, 0.25) is 0 Å². The average Bonchev–Trinajstić information content (AvgIpc) is 3.11. The van der Waals surface area contributed by atoms with Crippen LogP contribution in [0.5, 0.6) is 0 Å². The van der Waals surface area contributed by atoms with Gasteiger partial charge in [-0.2, -0.15) is 5.26 Å². The van der Waals surface area contributed by atoms with Crippen LogP contribution in [0.1, 0.15) is 17.0 Å². The normalized spacial score (nSPS) is 10.8. The standard InChI is InChI=1S/C21H15N3S2/c1-14-23-20(25-13-16-7-5-6-15(10-16)12-22)18-11-19(26-21(18)24-14)17-8-3-2-4-9-17/h2-11H,13H2,1H3. The first kappa shape index (κ1) is 16.8. The van der Waals surface area contributed by atoms with Crippen molar-refractivity contribution in [2.24, 2.45) is 0 Å². The molecule has 0 aliphatic heterocycles. The molecule has 2 aromatic carbocycles. The van der Waals surface area contributed by atoms with Gasteiger partial charge in [0, 0.05) is 16.0 Å². The van der Waals surface area contributed by atoms with Crippen LogP contribution in [0.4, 0.5) is 0 Å². The predicted octanol–water partition coefficient (Wildman–Crippen LogP) is 5.83. The maximum Gasteiger partial charge on any atom is 0.128 e. The Labute approximate surface area is 160 Å². The number of aromatic nitrogens is 2. The lowest BCUT2D eigenvalue weighted by atomic mass is 10.2. The van der Waals surface area contributed by atoms with Crippen LogP contribution in [0.15, 0.2) is 65.7 Å². The highest BCUT2D eigenvalue weighted by molar-refractivity contribution is 7.98. The highest BCUT2D eigenvalue weighted by atomic mass is 32.2. The van der Waals surface area contributed by atoms with E-state index in [9.17, 15) is 0 Å². The summed E-state index contributed by atoms with van der Waals surface area (Å²) < 4.78 is 0. The van der Waals surface area contributed by atoms with Crippen molar-refractivity contribution < 1.29 is 0 Å². The lowest BCUT2D eigenvalue weighted by Gasteiger charge is -2.04. The number of fused-ring (bicyclic) bond motifs is 1. The fraction of sp³-hybridized carbons (Fsp3) is 0.0952. The number of thioether (sulfide) groups is 1. The third-order valence-electron chi connectivity index (χ3n) is 3.96. The van der Waals surface area contributed by atoms with Gasteiger partial charge in [0.1, 0.15) is 15.7 Å². The summed E-state index contributed by atoms with van der Waals surface area (Å²) in [5.74, 6) is 1.56. The van der Waals surface area contributed by atoms with Gasteiger partial charge in [-0.25, -0.2) is 9.97 Å². The van der Waals surface area contributed by atoms with Gasteiger partial charge < -0.3 is 0 Å². The summed E-state index contributed by atoms with van der Waals surface area (Å²) in [7, 11) is 0. The maximum absolute atomic E-state index is 9.06. The Hall–Kier alpha value is -2.68. The zero-order valence-corrected chi connectivity index (χ0v) is 15.8. The number of nitriles is 1. The quantitative estimate of drug-likeness (QED) is 0.333. The number of hydrogen-bond donors (Lipinski definition) is 0. The molecule has 0 bridgehead atoms. The molecule has 0 aliphatic rings. The molecule has 0 N–H and O–H groups in total. The zero-order chi connectivity index (χ0) is 17.9. The first-order chi connectivity index (χ1) is 12.7. The van der Waals surface area contributed by atoms with E-state index in [-0.39, 0.29) is 0 Å². The lowest BCUT2D eigenvalue weighted by molar-refractivity contribution is 1.02. The van der Waals surface area contributed by atoms with E-state index in [1.165, 1.54) is 10.4 Å². The first-order valence-electron chi connectivity index (χ1n) is 8.18. The van der Waals surface area contributed by atoms with Crippen molar-refractivity contribution in [3.8, 4) is 16.5 Å². The summed E-state index contributed by atoms with van der Waals surface area (Å²) in [5, 5.41) is 11.2. The first-order valence-corrected chi connectivity index (χ1v) is 9.98. The molecule has 0 atom stereocenters. The molecule has 0 saturated carbocycles. The second-order valence-electron chi connectivity index (χ2n) is 5.87. The fourth-order valence-electron chi connectivity index (χ4n) is 2.73. The third kappa shape index (κ3) is 3.48. The van der Waals surface area contributed by atoms with Crippen molar-refractivity contribution in [3.63, 3.8) is 0 Å². The van der Waals surface area contributed by atoms with E-state index in [0.717, 1.165) is 32.4 Å². The van der Waals surface area contributed by atoms with Gasteiger partial charge in [-0.15, -0.1) is 23.1 Å². The van der Waals surface area contributed by atoms with Crippen LogP contribution >= 0.6 is 23.1 Å². The zero-order valence-electron chi connectivity index (χ0n) is 14.1. The molecule has 0 spiro atoms. The van der Waals surface area contributed by atoms with E-state index in [1.807, 2.05) is 37.3 Å². The molecule has 126 valence electrons. The molecule has 2 aromatic heterocycles. The Morgan fingerprint density at radius 3 is 2.69 bits per heavy atom. The Kier molecular flexibility index (Phi) is 4.70. The molecule has 3 nitrogen and oxygen atoms in total. The minimum absolute atomic E-state index is 0.689. The Morgan fingerprint density at radius 1 is 1.04 bits per heavy atom. The minimum Gasteiger partial charge on any atom is -0.226 e. The average molecular weight is 374 g/mol. The van der Waals surface area contributed by atoms with E-state index in [2.05, 4.69) is 46.4 Å². The van der Waals surface area contributed by atoms with Crippen LogP contribution in [0.3, 0.4) is 0 Å². The van der Waals surface area contributed by atoms with Crippen LogP contribution < -0.4 is 0 Å². The van der Waals surface area contributed by atoms with Crippen molar-refractivity contribution in [2.45, 2.75) is 17.7 Å². The van der Waals surface area contributed by atoms with Gasteiger partial charge in [-0.1, -0.05) is 42.5 Å². The molecule has 4 rings (SSSR count). The molecule has 5 heteroatoms. The van der Waals surface area contributed by atoms with Gasteiger partial charge in [0.25, 0.3) is 0 Å². The second-order valence-corrected chi connectivity index (χ2v) is 7.87. The largest absolute Gasteiger partial charge is 0.226 e. The van der Waals surface area contributed by atoms with Crippen molar-refractivity contribution in [2.75, 3.05) is 0 Å². The summed E-state index contributed by atoms with van der Waals surface area (Å²) in [6.07, 6.45) is 0. The van der Waals surface area contributed by atoms with E-state index in [0.29, 0.717) is 5.56 Å². The summed E-state index contributed by atoms with van der Waals surface area (Å²) >= 11 is 3.39. The summed E-state index contributed by atoms with van der Waals surface area (Å²) in [6, 6.07) is 22.5. The molecule has 0 radical (unpaired) electrons. The van der Waals surface area contributed by atoms with Gasteiger partial charge >= 0.3 is 0 Å². The van der Waals surface area contributed by atoms with E-state index < -0.39 is 0 Å². The highest BCUT2D eigenvalue weighted by Crippen LogP contribution is 2.37. The molecule has 0 amide bonds. The third-order valence-corrected chi connectivity index (χ3v) is 6.10. The van der Waals surface area contributed by atoms with Crippen LogP contribution in [0, 0.1) is 18.3 Å². The molecule has 26 heavy (non-hydrogen) atoms. The number of nitrogens with zero attached hydrogens (tertiary/aromatic N) is 3. The van der Waals surface area contributed by atoms with E-state index in [4.69, 9.17) is 5.26 Å². The van der Waals surface area contributed by atoms with Crippen molar-refractivity contribution in [1.29, 1.82) is 5.26 Å². The smallest absolute Gasteiger partial charge is 0.128 e. The van der Waals surface area contributed by atoms with Crippen molar-refractivity contribution in [1.82, 2.24) is 9.97 Å². The van der Waals surface area contributed by atoms with Crippen LogP contribution in [-0.4, -0.2) is 9.97 Å². The van der Waals surface area contributed by atoms with Gasteiger partial charge in [0.05, 0.1) is 11.6 Å². The van der Waals surface area contributed by atoms with Gasteiger partial charge in [-0.05, 0) is 36.2 Å². The Morgan fingerprint density at radius 2 is 1.88 bits per heavy atom. The molecule has 0 unspecified atom stereocenters. The molecule has 0 fully saturated rings. The number of thiophene rings is 1. The second kappa shape index (κ2) is 7.28. The van der Waals surface area contributed by atoms with Crippen LogP contribution in [0.25, 0.3) is 20.7 Å². The maximum atomic E-state index is 9.06. The topological polar surface area (TPSA) is 49.6 Å². The van der Waals surface area contributed by atoms with Gasteiger partial charge in [0.2, 0.25) is 0 Å². The summed E-state index contributed by atoms with van der Waals surface area (Å²) in [4.78, 5) is 11.5. The summed E-state index contributed by atoms with van der Waals surface area (Å²) in [5.41, 5.74) is 3.01. The molecular formula is C21H15N3S2. The molecule has 2 heterocycles. The minimum atomic E-state index is 0.689. The number of rotatable bonds is 4. The Bertz CT molecular complexity index is 1110. The van der Waals surface area contributed by atoms with Crippen molar-refractivity contribution >= 4 is 33.3 Å². The lowest BCUT2D eigenvalue weighted by Crippen LogP contribution is -1.91. The number of aryl methyl sites for hydroxylation is 1.